The zero-order chi connectivity index (χ0) is 9.68. The number of aromatic nitrogens is 2. The fourth-order valence-corrected chi connectivity index (χ4v) is 1.33. The second kappa shape index (κ2) is 5.02. The van der Waals surface area contributed by atoms with E-state index in [0.29, 0.717) is 6.04 Å². The van der Waals surface area contributed by atoms with Crippen LogP contribution in [0.1, 0.15) is 31.7 Å². The van der Waals surface area contributed by atoms with Gasteiger partial charge >= 0.3 is 0 Å². The first-order chi connectivity index (χ1) is 6.26. The number of nitrogens with one attached hydrogen (secondary N) is 2. The van der Waals surface area contributed by atoms with E-state index in [2.05, 4.69) is 35.4 Å². The van der Waals surface area contributed by atoms with E-state index in [9.17, 15) is 0 Å². The van der Waals surface area contributed by atoms with Gasteiger partial charge in [-0.05, 0) is 26.5 Å². The molecule has 0 spiro atoms. The van der Waals surface area contributed by atoms with Gasteiger partial charge in [0.1, 0.15) is 0 Å². The van der Waals surface area contributed by atoms with E-state index in [1.807, 2.05) is 7.05 Å². The van der Waals surface area contributed by atoms with Gasteiger partial charge in [0.2, 0.25) is 0 Å². The minimum Gasteiger partial charge on any atom is -0.317 e. The lowest BCUT2D eigenvalue weighted by molar-refractivity contribution is 0.600. The van der Waals surface area contributed by atoms with Gasteiger partial charge in [0.25, 0.3) is 0 Å². The van der Waals surface area contributed by atoms with Crippen molar-refractivity contribution in [3.8, 4) is 0 Å². The molecule has 0 aliphatic carbocycles. The lowest BCUT2D eigenvalue weighted by atomic mass is 10.1. The molecule has 1 rings (SSSR count). The number of nitrogens with zero attached hydrogens (tertiary/aromatic N) is 1. The summed E-state index contributed by atoms with van der Waals surface area (Å²) in [5, 5.41) is 10.5. The van der Waals surface area contributed by atoms with Gasteiger partial charge in [-0.2, -0.15) is 5.10 Å². The molecule has 3 nitrogen and oxygen atoms in total. The SMILES string of the molecule is CCCc1cc(CC(C)NC)[nH]n1. The van der Waals surface area contributed by atoms with Crippen molar-refractivity contribution < 1.29 is 0 Å². The molecule has 1 heterocycles. The van der Waals surface area contributed by atoms with Crippen LogP contribution in [0.4, 0.5) is 0 Å². The highest BCUT2D eigenvalue weighted by Crippen LogP contribution is 2.04. The molecule has 0 bridgehead atoms. The Labute approximate surface area is 79.9 Å². The first-order valence-corrected chi connectivity index (χ1v) is 4.96. The van der Waals surface area contributed by atoms with Crippen molar-refractivity contribution in [1.82, 2.24) is 15.5 Å². The van der Waals surface area contributed by atoms with Crippen molar-refractivity contribution in [2.75, 3.05) is 7.05 Å². The maximum atomic E-state index is 4.24. The van der Waals surface area contributed by atoms with E-state index in [1.54, 1.807) is 0 Å². The molecule has 0 aliphatic rings. The minimum atomic E-state index is 0.509. The van der Waals surface area contributed by atoms with Gasteiger partial charge in [-0.25, -0.2) is 0 Å². The van der Waals surface area contributed by atoms with E-state index in [0.717, 1.165) is 19.3 Å². The van der Waals surface area contributed by atoms with Crippen LogP contribution in [0.3, 0.4) is 0 Å². The largest absolute Gasteiger partial charge is 0.317 e. The van der Waals surface area contributed by atoms with Gasteiger partial charge in [0, 0.05) is 18.2 Å². The number of rotatable bonds is 5. The quantitative estimate of drug-likeness (QED) is 0.723. The van der Waals surface area contributed by atoms with E-state index in [1.165, 1.54) is 11.4 Å². The number of aryl methyl sites for hydroxylation is 1. The predicted octanol–water partition coefficient (Wildman–Crippen LogP) is 1.51. The lowest BCUT2D eigenvalue weighted by Gasteiger charge is -2.06. The zero-order valence-corrected chi connectivity index (χ0v) is 8.72. The standard InChI is InChI=1S/C10H19N3/c1-4-5-9-7-10(13-12-9)6-8(2)11-3/h7-8,11H,4-6H2,1-3H3,(H,12,13). The average Bonchev–Trinajstić information content (AvgIpc) is 2.53. The van der Waals surface area contributed by atoms with Crippen molar-refractivity contribution in [3.63, 3.8) is 0 Å². The van der Waals surface area contributed by atoms with Crippen molar-refractivity contribution in [3.05, 3.63) is 17.5 Å². The lowest BCUT2D eigenvalue weighted by Crippen LogP contribution is -2.23. The summed E-state index contributed by atoms with van der Waals surface area (Å²) in [4.78, 5) is 0. The molecule has 2 N–H and O–H groups in total. The molecule has 0 amide bonds. The van der Waals surface area contributed by atoms with Gasteiger partial charge in [0.15, 0.2) is 0 Å². The van der Waals surface area contributed by atoms with Crippen LogP contribution in [-0.4, -0.2) is 23.3 Å². The van der Waals surface area contributed by atoms with Gasteiger partial charge in [-0.15, -0.1) is 0 Å². The van der Waals surface area contributed by atoms with Crippen molar-refractivity contribution in [1.29, 1.82) is 0 Å². The van der Waals surface area contributed by atoms with Crippen LogP contribution < -0.4 is 5.32 Å². The van der Waals surface area contributed by atoms with Crippen LogP contribution in [0.25, 0.3) is 0 Å². The monoisotopic (exact) mass is 181 g/mol. The second-order valence-corrected chi connectivity index (χ2v) is 3.53. The van der Waals surface area contributed by atoms with Crippen molar-refractivity contribution >= 4 is 0 Å². The minimum absolute atomic E-state index is 0.509. The number of hydrogen-bond acceptors (Lipinski definition) is 2. The van der Waals surface area contributed by atoms with Gasteiger partial charge in [-0.1, -0.05) is 13.3 Å². The molecule has 0 fully saturated rings. The summed E-state index contributed by atoms with van der Waals surface area (Å²) in [7, 11) is 1.98. The molecular formula is C10H19N3. The number of likely N-dealkylation sites (N-methyl/N-ethyl adjacent to an activating group) is 1. The molecule has 13 heavy (non-hydrogen) atoms. The Morgan fingerprint density at radius 1 is 1.62 bits per heavy atom. The van der Waals surface area contributed by atoms with Crippen LogP contribution in [0.2, 0.25) is 0 Å². The Balaban J connectivity index is 2.48. The fraction of sp³-hybridized carbons (Fsp3) is 0.700. The molecule has 0 saturated heterocycles. The summed E-state index contributed by atoms with van der Waals surface area (Å²) in [6.45, 7) is 4.34. The molecule has 1 atom stereocenters. The highest BCUT2D eigenvalue weighted by Gasteiger charge is 2.03. The van der Waals surface area contributed by atoms with Crippen LogP contribution in [0, 0.1) is 0 Å². The summed E-state index contributed by atoms with van der Waals surface area (Å²) in [5.74, 6) is 0. The highest BCUT2D eigenvalue weighted by molar-refractivity contribution is 5.09. The van der Waals surface area contributed by atoms with Crippen LogP contribution >= 0.6 is 0 Å². The summed E-state index contributed by atoms with van der Waals surface area (Å²) < 4.78 is 0. The summed E-state index contributed by atoms with van der Waals surface area (Å²) in [5.41, 5.74) is 2.41. The maximum absolute atomic E-state index is 4.24. The van der Waals surface area contributed by atoms with Crippen molar-refractivity contribution in [2.45, 2.75) is 39.2 Å². The number of H-pyrrole nitrogens is 1. The van der Waals surface area contributed by atoms with Crippen LogP contribution in [0.5, 0.6) is 0 Å². The molecule has 1 aromatic rings. The Morgan fingerprint density at radius 3 is 3.00 bits per heavy atom. The molecule has 74 valence electrons. The van der Waals surface area contributed by atoms with Gasteiger partial charge < -0.3 is 5.32 Å². The van der Waals surface area contributed by atoms with Gasteiger partial charge in [0.05, 0.1) is 5.69 Å². The normalized spacial score (nSPS) is 13.2. The van der Waals surface area contributed by atoms with E-state index in [-0.39, 0.29) is 0 Å². The molecule has 0 aromatic carbocycles. The van der Waals surface area contributed by atoms with Gasteiger partial charge in [-0.3, -0.25) is 5.10 Å². The molecule has 1 unspecified atom stereocenters. The fourth-order valence-electron chi connectivity index (χ4n) is 1.33. The predicted molar refractivity (Wildman–Crippen MR) is 54.8 cm³/mol. The van der Waals surface area contributed by atoms with Crippen LogP contribution in [-0.2, 0) is 12.8 Å². The topological polar surface area (TPSA) is 40.7 Å². The number of aromatic amines is 1. The van der Waals surface area contributed by atoms with Crippen LogP contribution in [0.15, 0.2) is 6.07 Å². The molecule has 0 saturated carbocycles. The van der Waals surface area contributed by atoms with Crippen molar-refractivity contribution in [2.24, 2.45) is 0 Å². The third kappa shape index (κ3) is 3.19. The van der Waals surface area contributed by atoms with E-state index in [4.69, 9.17) is 0 Å². The first kappa shape index (κ1) is 10.3. The highest BCUT2D eigenvalue weighted by atomic mass is 15.1. The molecule has 0 radical (unpaired) electrons. The molecule has 3 heteroatoms. The second-order valence-electron chi connectivity index (χ2n) is 3.53. The molecule has 1 aromatic heterocycles. The zero-order valence-electron chi connectivity index (χ0n) is 8.72. The Kier molecular flexibility index (Phi) is 3.96. The third-order valence-corrected chi connectivity index (χ3v) is 2.21. The summed E-state index contributed by atoms with van der Waals surface area (Å²) >= 11 is 0. The smallest absolute Gasteiger partial charge is 0.0624 e. The molecular weight excluding hydrogens is 162 g/mol. The Morgan fingerprint density at radius 2 is 2.38 bits per heavy atom. The number of hydrogen-bond donors (Lipinski definition) is 2. The molecule has 0 aliphatic heterocycles. The Bertz CT molecular complexity index is 242. The average molecular weight is 181 g/mol. The third-order valence-electron chi connectivity index (χ3n) is 2.21. The van der Waals surface area contributed by atoms with E-state index >= 15 is 0 Å². The summed E-state index contributed by atoms with van der Waals surface area (Å²) in [6, 6.07) is 2.67. The van der Waals surface area contributed by atoms with E-state index < -0.39 is 0 Å². The maximum Gasteiger partial charge on any atom is 0.0624 e. The Hall–Kier alpha value is -0.830. The first-order valence-electron chi connectivity index (χ1n) is 4.96. The summed E-state index contributed by atoms with van der Waals surface area (Å²) in [6.07, 6.45) is 3.25.